The van der Waals surface area contributed by atoms with Gasteiger partial charge in [-0.2, -0.15) is 0 Å². The number of ketones is 1. The Kier molecular flexibility index (Phi) is 8.75. The number of hydrogen-bond acceptors (Lipinski definition) is 2. The fraction of sp³-hybridized carbons (Fsp3) is 0.882. The number of hydrogen-bond donors (Lipinski definition) is 1. The molecule has 1 N–H and O–H groups in total. The number of carbonyl (C=O) groups excluding carboxylic acids is 2. The molecule has 20 heavy (non-hydrogen) atoms. The summed E-state index contributed by atoms with van der Waals surface area (Å²) in [6, 6.07) is -0.367. The van der Waals surface area contributed by atoms with Crippen molar-refractivity contribution in [3.63, 3.8) is 0 Å². The SMILES string of the molecule is CC.CC(=O)C(NC(=O)CC1CCCCC1)C(C)(C)C. The second-order valence-corrected chi connectivity index (χ2v) is 6.69. The van der Waals surface area contributed by atoms with E-state index in [9.17, 15) is 9.59 Å². The Morgan fingerprint density at radius 1 is 1.10 bits per heavy atom. The van der Waals surface area contributed by atoms with Crippen molar-refractivity contribution < 1.29 is 9.59 Å². The van der Waals surface area contributed by atoms with Crippen molar-refractivity contribution in [2.75, 3.05) is 0 Å². The van der Waals surface area contributed by atoms with Gasteiger partial charge in [-0.05, 0) is 31.1 Å². The standard InChI is InChI=1S/C15H27NO2.C2H6/c1-11(17)14(15(2,3)4)16-13(18)10-12-8-6-5-7-9-12;1-2/h12,14H,5-10H2,1-4H3,(H,16,18);1-2H3. The van der Waals surface area contributed by atoms with Crippen LogP contribution in [0.2, 0.25) is 0 Å². The first-order chi connectivity index (χ1) is 9.30. The van der Waals surface area contributed by atoms with Crippen LogP contribution in [0.25, 0.3) is 0 Å². The summed E-state index contributed by atoms with van der Waals surface area (Å²) >= 11 is 0. The summed E-state index contributed by atoms with van der Waals surface area (Å²) in [7, 11) is 0. The molecule has 1 saturated carbocycles. The minimum Gasteiger partial charge on any atom is -0.346 e. The smallest absolute Gasteiger partial charge is 0.220 e. The topological polar surface area (TPSA) is 46.2 Å². The maximum absolute atomic E-state index is 12.0. The fourth-order valence-corrected chi connectivity index (χ4v) is 2.80. The van der Waals surface area contributed by atoms with Crippen LogP contribution in [0.5, 0.6) is 0 Å². The van der Waals surface area contributed by atoms with Crippen LogP contribution in [-0.2, 0) is 9.59 Å². The Labute approximate surface area is 124 Å². The van der Waals surface area contributed by atoms with Crippen LogP contribution >= 0.6 is 0 Å². The highest BCUT2D eigenvalue weighted by Gasteiger charge is 2.30. The summed E-state index contributed by atoms with van der Waals surface area (Å²) < 4.78 is 0. The lowest BCUT2D eigenvalue weighted by atomic mass is 9.83. The average Bonchev–Trinajstić information content (AvgIpc) is 2.38. The first-order valence-corrected chi connectivity index (χ1v) is 8.10. The van der Waals surface area contributed by atoms with E-state index in [0.29, 0.717) is 12.3 Å². The van der Waals surface area contributed by atoms with Crippen LogP contribution in [0.4, 0.5) is 0 Å². The van der Waals surface area contributed by atoms with E-state index < -0.39 is 0 Å². The van der Waals surface area contributed by atoms with Crippen LogP contribution in [0, 0.1) is 11.3 Å². The largest absolute Gasteiger partial charge is 0.346 e. The molecule has 0 radical (unpaired) electrons. The molecule has 1 fully saturated rings. The second kappa shape index (κ2) is 9.15. The van der Waals surface area contributed by atoms with Crippen molar-refractivity contribution in [1.82, 2.24) is 5.32 Å². The maximum atomic E-state index is 12.0. The van der Waals surface area contributed by atoms with E-state index >= 15 is 0 Å². The van der Waals surface area contributed by atoms with Crippen LogP contribution in [-0.4, -0.2) is 17.7 Å². The number of Topliss-reactive ketones (excluding diaryl/α,β-unsaturated/α-hetero) is 1. The third kappa shape index (κ3) is 7.06. The molecule has 3 heteroatoms. The van der Waals surface area contributed by atoms with Crippen molar-refractivity contribution in [3.05, 3.63) is 0 Å². The van der Waals surface area contributed by atoms with Gasteiger partial charge in [-0.3, -0.25) is 9.59 Å². The average molecular weight is 283 g/mol. The highest BCUT2D eigenvalue weighted by atomic mass is 16.2. The summed E-state index contributed by atoms with van der Waals surface area (Å²) in [6.45, 7) is 11.5. The molecule has 1 aliphatic carbocycles. The van der Waals surface area contributed by atoms with Crippen LogP contribution in [0.1, 0.15) is 80.1 Å². The van der Waals surface area contributed by atoms with Gasteiger partial charge >= 0.3 is 0 Å². The van der Waals surface area contributed by atoms with Crippen LogP contribution < -0.4 is 5.32 Å². The molecule has 118 valence electrons. The van der Waals surface area contributed by atoms with E-state index in [4.69, 9.17) is 0 Å². The zero-order valence-electron chi connectivity index (χ0n) is 14.2. The van der Waals surface area contributed by atoms with E-state index in [0.717, 1.165) is 12.8 Å². The predicted molar refractivity (Wildman–Crippen MR) is 84.6 cm³/mol. The zero-order chi connectivity index (χ0) is 15.8. The van der Waals surface area contributed by atoms with Gasteiger partial charge in [0, 0.05) is 6.42 Å². The molecule has 0 aromatic rings. The highest BCUT2D eigenvalue weighted by molar-refractivity contribution is 5.88. The Balaban J connectivity index is 0.00000172. The van der Waals surface area contributed by atoms with E-state index in [2.05, 4.69) is 5.32 Å². The summed E-state index contributed by atoms with van der Waals surface area (Å²) in [5.74, 6) is 0.600. The van der Waals surface area contributed by atoms with Gasteiger partial charge in [0.25, 0.3) is 0 Å². The van der Waals surface area contributed by atoms with E-state index in [1.165, 1.54) is 19.3 Å². The lowest BCUT2D eigenvalue weighted by molar-refractivity contribution is -0.129. The molecule has 0 saturated heterocycles. The van der Waals surface area contributed by atoms with Crippen LogP contribution in [0.3, 0.4) is 0 Å². The summed E-state index contributed by atoms with van der Waals surface area (Å²) in [4.78, 5) is 23.6. The molecular formula is C17H33NO2. The molecule has 1 unspecified atom stereocenters. The monoisotopic (exact) mass is 283 g/mol. The molecule has 0 bridgehead atoms. The Bertz CT molecular complexity index is 299. The molecule has 1 atom stereocenters. The van der Waals surface area contributed by atoms with Crippen molar-refractivity contribution in [1.29, 1.82) is 0 Å². The molecule has 1 rings (SSSR count). The molecule has 0 aromatic carbocycles. The third-order valence-electron chi connectivity index (χ3n) is 3.78. The maximum Gasteiger partial charge on any atom is 0.220 e. The molecule has 0 spiro atoms. The summed E-state index contributed by atoms with van der Waals surface area (Å²) in [5, 5.41) is 2.92. The van der Waals surface area contributed by atoms with Gasteiger partial charge in [0.2, 0.25) is 5.91 Å². The van der Waals surface area contributed by atoms with Crippen molar-refractivity contribution in [2.45, 2.75) is 86.1 Å². The van der Waals surface area contributed by atoms with E-state index in [1.54, 1.807) is 6.92 Å². The van der Waals surface area contributed by atoms with Gasteiger partial charge in [0.15, 0.2) is 5.78 Å². The third-order valence-corrected chi connectivity index (χ3v) is 3.78. The molecule has 1 amide bonds. The first-order valence-electron chi connectivity index (χ1n) is 8.10. The molecular weight excluding hydrogens is 250 g/mol. The van der Waals surface area contributed by atoms with Gasteiger partial charge in [0.1, 0.15) is 0 Å². The predicted octanol–water partition coefficient (Wildman–Crippen LogP) is 4.10. The summed E-state index contributed by atoms with van der Waals surface area (Å²) in [6.07, 6.45) is 6.69. The molecule has 0 aromatic heterocycles. The Hall–Kier alpha value is -0.860. The normalized spacial score (nSPS) is 17.7. The minimum absolute atomic E-state index is 0.0389. The fourth-order valence-electron chi connectivity index (χ4n) is 2.80. The Morgan fingerprint density at radius 2 is 1.60 bits per heavy atom. The number of nitrogens with one attached hydrogen (secondary N) is 1. The number of rotatable bonds is 4. The Morgan fingerprint density at radius 3 is 2.00 bits per heavy atom. The lowest BCUT2D eigenvalue weighted by Crippen LogP contribution is -2.48. The van der Waals surface area contributed by atoms with Crippen molar-refractivity contribution >= 4 is 11.7 Å². The molecule has 1 aliphatic rings. The minimum atomic E-state index is -0.367. The number of amides is 1. The van der Waals surface area contributed by atoms with Gasteiger partial charge in [-0.25, -0.2) is 0 Å². The van der Waals surface area contributed by atoms with Crippen molar-refractivity contribution in [3.8, 4) is 0 Å². The second-order valence-electron chi connectivity index (χ2n) is 6.69. The van der Waals surface area contributed by atoms with Gasteiger partial charge in [0.05, 0.1) is 6.04 Å². The van der Waals surface area contributed by atoms with Gasteiger partial charge in [-0.1, -0.05) is 53.9 Å². The van der Waals surface area contributed by atoms with Crippen molar-refractivity contribution in [2.24, 2.45) is 11.3 Å². The lowest BCUT2D eigenvalue weighted by Gasteiger charge is -2.30. The first kappa shape index (κ1) is 19.1. The quantitative estimate of drug-likeness (QED) is 0.844. The van der Waals surface area contributed by atoms with Gasteiger partial charge in [-0.15, -0.1) is 0 Å². The molecule has 0 aliphatic heterocycles. The van der Waals surface area contributed by atoms with Gasteiger partial charge < -0.3 is 5.32 Å². The highest BCUT2D eigenvalue weighted by Crippen LogP contribution is 2.26. The number of carbonyl (C=O) groups is 2. The zero-order valence-corrected chi connectivity index (χ0v) is 14.2. The molecule has 0 heterocycles. The van der Waals surface area contributed by atoms with Crippen LogP contribution in [0.15, 0.2) is 0 Å². The van der Waals surface area contributed by atoms with E-state index in [-0.39, 0.29) is 23.1 Å². The van der Waals surface area contributed by atoms with E-state index in [1.807, 2.05) is 34.6 Å². The summed E-state index contributed by atoms with van der Waals surface area (Å²) in [5.41, 5.74) is -0.214. The molecule has 3 nitrogen and oxygen atoms in total.